The van der Waals surface area contributed by atoms with E-state index in [9.17, 15) is 9.59 Å². The molecule has 3 saturated heterocycles. The quantitative estimate of drug-likeness (QED) is 0.580. The molecule has 0 aromatic carbocycles. The molecule has 3 rings (SSSR count). The molecule has 5 nitrogen and oxygen atoms in total. The van der Waals surface area contributed by atoms with Crippen molar-refractivity contribution >= 4 is 11.8 Å². The van der Waals surface area contributed by atoms with Crippen molar-refractivity contribution < 1.29 is 9.59 Å². The van der Waals surface area contributed by atoms with Crippen LogP contribution in [0.3, 0.4) is 0 Å². The van der Waals surface area contributed by atoms with Crippen LogP contribution >= 0.6 is 0 Å². The van der Waals surface area contributed by atoms with Gasteiger partial charge in [0.05, 0.1) is 12.5 Å². The molecule has 88 valence electrons. The van der Waals surface area contributed by atoms with Crippen LogP contribution < -0.4 is 11.1 Å². The summed E-state index contributed by atoms with van der Waals surface area (Å²) in [6.07, 6.45) is 4.51. The fraction of sp³-hybridized carbons (Fsp3) is 0.818. The fourth-order valence-electron chi connectivity index (χ4n) is 3.55. The van der Waals surface area contributed by atoms with E-state index in [0.717, 1.165) is 25.7 Å². The number of fused-ring (bicyclic) bond motifs is 2. The van der Waals surface area contributed by atoms with E-state index in [1.807, 2.05) is 0 Å². The highest BCUT2D eigenvalue weighted by molar-refractivity contribution is 6.05. The smallest absolute Gasteiger partial charge is 0.244 e. The molecule has 5 heteroatoms. The Morgan fingerprint density at radius 3 is 2.31 bits per heavy atom. The van der Waals surface area contributed by atoms with Gasteiger partial charge in [-0.2, -0.15) is 0 Å². The van der Waals surface area contributed by atoms with Crippen molar-refractivity contribution in [2.24, 2.45) is 5.73 Å². The Bertz CT molecular complexity index is 330. The number of imide groups is 1. The summed E-state index contributed by atoms with van der Waals surface area (Å²) in [5, 5.41) is 2.39. The lowest BCUT2D eigenvalue weighted by molar-refractivity contribution is -0.127. The van der Waals surface area contributed by atoms with Crippen molar-refractivity contribution in [1.82, 2.24) is 10.2 Å². The molecule has 3 atom stereocenters. The molecule has 3 aliphatic heterocycles. The molecule has 3 heterocycles. The molecule has 3 N–H and O–H groups in total. The standard InChI is InChI=1S/C11H17N3O2/c12-6-3-7-1-2-8(4-6)14(7)9-5-10(15)13-11(9)16/h6-9H,1-5,12H2,(H,13,15,16). The third-order valence-corrected chi connectivity index (χ3v) is 4.13. The Kier molecular flexibility index (Phi) is 2.26. The van der Waals surface area contributed by atoms with E-state index >= 15 is 0 Å². The van der Waals surface area contributed by atoms with Gasteiger partial charge in [0.1, 0.15) is 0 Å². The number of hydrogen-bond acceptors (Lipinski definition) is 4. The number of nitrogens with zero attached hydrogens (tertiary/aromatic N) is 1. The van der Waals surface area contributed by atoms with E-state index in [1.54, 1.807) is 0 Å². The van der Waals surface area contributed by atoms with Crippen molar-refractivity contribution in [3.05, 3.63) is 0 Å². The van der Waals surface area contributed by atoms with Gasteiger partial charge >= 0.3 is 0 Å². The average molecular weight is 223 g/mol. The molecule has 0 aliphatic carbocycles. The second kappa shape index (κ2) is 3.53. The average Bonchev–Trinajstić information content (AvgIpc) is 2.65. The Hall–Kier alpha value is -0.940. The van der Waals surface area contributed by atoms with Crippen LogP contribution in [0, 0.1) is 0 Å². The largest absolute Gasteiger partial charge is 0.328 e. The van der Waals surface area contributed by atoms with E-state index in [4.69, 9.17) is 5.73 Å². The van der Waals surface area contributed by atoms with Crippen LogP contribution in [0.25, 0.3) is 0 Å². The number of amides is 2. The molecular weight excluding hydrogens is 206 g/mol. The van der Waals surface area contributed by atoms with Crippen molar-refractivity contribution in [3.63, 3.8) is 0 Å². The Balaban J connectivity index is 1.81. The Morgan fingerprint density at radius 2 is 1.81 bits per heavy atom. The molecule has 16 heavy (non-hydrogen) atoms. The fourth-order valence-corrected chi connectivity index (χ4v) is 3.55. The first kappa shape index (κ1) is 10.2. The van der Waals surface area contributed by atoms with Gasteiger partial charge in [-0.3, -0.25) is 19.8 Å². The normalized spacial score (nSPS) is 43.8. The number of hydrogen-bond donors (Lipinski definition) is 2. The van der Waals surface area contributed by atoms with Gasteiger partial charge in [-0.25, -0.2) is 0 Å². The Morgan fingerprint density at radius 1 is 1.19 bits per heavy atom. The van der Waals surface area contributed by atoms with Gasteiger partial charge in [0.2, 0.25) is 11.8 Å². The monoisotopic (exact) mass is 223 g/mol. The minimum atomic E-state index is -0.225. The van der Waals surface area contributed by atoms with Crippen LogP contribution in [0.1, 0.15) is 32.1 Å². The van der Waals surface area contributed by atoms with Gasteiger partial charge in [-0.1, -0.05) is 0 Å². The SMILES string of the molecule is NC1CC2CCC(C1)N2C1CC(=O)NC1=O. The maximum absolute atomic E-state index is 11.7. The topological polar surface area (TPSA) is 75.4 Å². The summed E-state index contributed by atoms with van der Waals surface area (Å²) in [6.45, 7) is 0. The van der Waals surface area contributed by atoms with Gasteiger partial charge in [0.25, 0.3) is 0 Å². The first-order valence-corrected chi connectivity index (χ1v) is 6.02. The van der Waals surface area contributed by atoms with Crippen molar-refractivity contribution in [2.75, 3.05) is 0 Å². The zero-order valence-corrected chi connectivity index (χ0v) is 9.19. The molecule has 0 spiro atoms. The molecule has 3 aliphatic rings. The molecular formula is C11H17N3O2. The molecule has 0 aromatic rings. The second-order valence-electron chi connectivity index (χ2n) is 5.20. The summed E-state index contributed by atoms with van der Waals surface area (Å²) in [6, 6.07) is 0.872. The summed E-state index contributed by atoms with van der Waals surface area (Å²) in [5.74, 6) is -0.248. The third-order valence-electron chi connectivity index (χ3n) is 4.13. The molecule has 0 radical (unpaired) electrons. The number of carbonyl (C=O) groups is 2. The van der Waals surface area contributed by atoms with Gasteiger partial charge in [-0.15, -0.1) is 0 Å². The van der Waals surface area contributed by atoms with Crippen LogP contribution in [0.5, 0.6) is 0 Å². The van der Waals surface area contributed by atoms with Gasteiger partial charge in [-0.05, 0) is 25.7 Å². The molecule has 2 bridgehead atoms. The van der Waals surface area contributed by atoms with Gasteiger partial charge in [0, 0.05) is 18.1 Å². The second-order valence-corrected chi connectivity index (χ2v) is 5.20. The van der Waals surface area contributed by atoms with Gasteiger partial charge in [0.15, 0.2) is 0 Å². The highest BCUT2D eigenvalue weighted by Crippen LogP contribution is 2.37. The summed E-state index contributed by atoms with van der Waals surface area (Å²) in [4.78, 5) is 25.2. The number of rotatable bonds is 1. The lowest BCUT2D eigenvalue weighted by Gasteiger charge is -2.40. The predicted octanol–water partition coefficient (Wildman–Crippen LogP) is -0.644. The van der Waals surface area contributed by atoms with Crippen LogP contribution in [-0.2, 0) is 9.59 Å². The highest BCUT2D eigenvalue weighted by atomic mass is 16.2. The highest BCUT2D eigenvalue weighted by Gasteiger charge is 2.47. The number of nitrogens with one attached hydrogen (secondary N) is 1. The van der Waals surface area contributed by atoms with E-state index < -0.39 is 0 Å². The van der Waals surface area contributed by atoms with E-state index in [2.05, 4.69) is 10.2 Å². The zero-order chi connectivity index (χ0) is 11.3. The molecule has 0 aromatic heterocycles. The maximum Gasteiger partial charge on any atom is 0.244 e. The van der Waals surface area contributed by atoms with Crippen molar-refractivity contribution in [3.8, 4) is 0 Å². The minimum absolute atomic E-state index is 0.114. The van der Waals surface area contributed by atoms with E-state index in [-0.39, 0.29) is 23.9 Å². The third kappa shape index (κ3) is 1.46. The molecule has 0 saturated carbocycles. The first-order valence-electron chi connectivity index (χ1n) is 6.02. The predicted molar refractivity (Wildman–Crippen MR) is 57.4 cm³/mol. The van der Waals surface area contributed by atoms with E-state index in [1.165, 1.54) is 0 Å². The zero-order valence-electron chi connectivity index (χ0n) is 9.19. The van der Waals surface area contributed by atoms with Crippen LogP contribution in [-0.4, -0.2) is 40.9 Å². The van der Waals surface area contributed by atoms with Crippen molar-refractivity contribution in [2.45, 2.75) is 56.3 Å². The van der Waals surface area contributed by atoms with Crippen molar-refractivity contribution in [1.29, 1.82) is 0 Å². The lowest BCUT2D eigenvalue weighted by Crippen LogP contribution is -2.53. The first-order chi connectivity index (χ1) is 7.65. The summed E-state index contributed by atoms with van der Waals surface area (Å²) >= 11 is 0. The van der Waals surface area contributed by atoms with Gasteiger partial charge < -0.3 is 5.73 Å². The summed E-state index contributed by atoms with van der Waals surface area (Å²) in [7, 11) is 0. The molecule has 2 amide bonds. The van der Waals surface area contributed by atoms with Crippen LogP contribution in [0.4, 0.5) is 0 Å². The van der Waals surface area contributed by atoms with Crippen LogP contribution in [0.2, 0.25) is 0 Å². The maximum atomic E-state index is 11.7. The Labute approximate surface area is 94.3 Å². The van der Waals surface area contributed by atoms with E-state index in [0.29, 0.717) is 18.5 Å². The van der Waals surface area contributed by atoms with Crippen LogP contribution in [0.15, 0.2) is 0 Å². The molecule has 3 unspecified atom stereocenters. The number of carbonyl (C=O) groups excluding carboxylic acids is 2. The number of piperidine rings is 1. The summed E-state index contributed by atoms with van der Waals surface area (Å²) in [5.41, 5.74) is 5.98. The lowest BCUT2D eigenvalue weighted by atomic mass is 9.95. The number of nitrogens with two attached hydrogens (primary N) is 1. The summed E-state index contributed by atoms with van der Waals surface area (Å²) < 4.78 is 0. The minimum Gasteiger partial charge on any atom is -0.328 e. The molecule has 3 fully saturated rings.